The molecule has 0 amide bonds. The van der Waals surface area contributed by atoms with Crippen LogP contribution in [-0.2, 0) is 11.8 Å². The van der Waals surface area contributed by atoms with Crippen molar-refractivity contribution < 1.29 is 13.9 Å². The maximum absolute atomic E-state index is 14.1. The van der Waals surface area contributed by atoms with Gasteiger partial charge in [-0.25, -0.2) is 4.39 Å². The van der Waals surface area contributed by atoms with Gasteiger partial charge < -0.3 is 14.0 Å². The van der Waals surface area contributed by atoms with Crippen molar-refractivity contribution in [3.63, 3.8) is 0 Å². The number of nitrogens with zero attached hydrogens (tertiary/aromatic N) is 1. The van der Waals surface area contributed by atoms with Crippen molar-refractivity contribution in [1.29, 1.82) is 0 Å². The van der Waals surface area contributed by atoms with E-state index < -0.39 is 5.82 Å². The Morgan fingerprint density at radius 1 is 1.30 bits per heavy atom. The molecular formula is C14H13FINO3. The van der Waals surface area contributed by atoms with Gasteiger partial charge in [-0.05, 0) is 46.9 Å². The fourth-order valence-corrected chi connectivity index (χ4v) is 2.39. The minimum Gasteiger partial charge on any atom is -0.467 e. The molecule has 0 spiro atoms. The Morgan fingerprint density at radius 2 is 2.05 bits per heavy atom. The van der Waals surface area contributed by atoms with E-state index in [0.29, 0.717) is 15.0 Å². The molecule has 2 aromatic rings. The Balaban J connectivity index is 2.63. The summed E-state index contributed by atoms with van der Waals surface area (Å²) < 4.78 is 26.3. The number of ether oxygens (including phenoxy) is 2. The average Bonchev–Trinajstić information content (AvgIpc) is 2.44. The predicted octanol–water partition coefficient (Wildman–Crippen LogP) is 2.78. The Labute approximate surface area is 129 Å². The Hall–Kier alpha value is -1.41. The summed E-state index contributed by atoms with van der Waals surface area (Å²) in [5, 5.41) is 0. The summed E-state index contributed by atoms with van der Waals surface area (Å²) in [7, 11) is 3.09. The number of halogens is 2. The van der Waals surface area contributed by atoms with Crippen LogP contribution in [0.1, 0.15) is 0 Å². The van der Waals surface area contributed by atoms with Crippen LogP contribution >= 0.6 is 22.6 Å². The second kappa shape index (κ2) is 6.36. The molecule has 0 saturated carbocycles. The van der Waals surface area contributed by atoms with Gasteiger partial charge in [0.25, 0.3) is 5.56 Å². The molecule has 2 rings (SSSR count). The topological polar surface area (TPSA) is 40.5 Å². The highest BCUT2D eigenvalue weighted by molar-refractivity contribution is 14.1. The zero-order valence-corrected chi connectivity index (χ0v) is 13.2. The number of hydrogen-bond donors (Lipinski definition) is 0. The summed E-state index contributed by atoms with van der Waals surface area (Å²) in [6, 6.07) is 7.87. The summed E-state index contributed by atoms with van der Waals surface area (Å²) in [4.78, 5) is 12.0. The molecule has 4 nitrogen and oxygen atoms in total. The summed E-state index contributed by atoms with van der Waals surface area (Å²) in [5.41, 5.74) is 0.532. The highest BCUT2D eigenvalue weighted by Crippen LogP contribution is 2.31. The fraction of sp³-hybridized carbons (Fsp3) is 0.214. The largest absolute Gasteiger partial charge is 0.467 e. The number of pyridine rings is 1. The van der Waals surface area contributed by atoms with Crippen molar-refractivity contribution in [2.75, 3.05) is 13.9 Å². The molecule has 20 heavy (non-hydrogen) atoms. The van der Waals surface area contributed by atoms with Crippen molar-refractivity contribution in [2.24, 2.45) is 7.05 Å². The second-order valence-electron chi connectivity index (χ2n) is 4.09. The first-order chi connectivity index (χ1) is 9.56. The third-order valence-corrected chi connectivity index (χ3v) is 3.64. The third kappa shape index (κ3) is 2.85. The first-order valence-corrected chi connectivity index (χ1v) is 6.90. The molecule has 0 atom stereocenters. The third-order valence-electron chi connectivity index (χ3n) is 2.82. The van der Waals surface area contributed by atoms with Crippen molar-refractivity contribution in [3.05, 3.63) is 50.1 Å². The molecule has 0 radical (unpaired) electrons. The summed E-state index contributed by atoms with van der Waals surface area (Å²) in [5.74, 6) is -0.113. The van der Waals surface area contributed by atoms with Crippen molar-refractivity contribution in [1.82, 2.24) is 4.57 Å². The molecule has 0 unspecified atom stereocenters. The van der Waals surface area contributed by atoms with E-state index in [1.54, 1.807) is 31.3 Å². The van der Waals surface area contributed by atoms with Gasteiger partial charge in [-0.15, -0.1) is 0 Å². The fourth-order valence-electron chi connectivity index (χ4n) is 1.85. The van der Waals surface area contributed by atoms with Gasteiger partial charge in [0.1, 0.15) is 11.6 Å². The number of rotatable bonds is 4. The number of hydrogen-bond acceptors (Lipinski definition) is 3. The summed E-state index contributed by atoms with van der Waals surface area (Å²) in [6.07, 6.45) is 0. The lowest BCUT2D eigenvalue weighted by Crippen LogP contribution is -2.21. The maximum Gasteiger partial charge on any atom is 0.264 e. The van der Waals surface area contributed by atoms with E-state index in [1.807, 2.05) is 22.6 Å². The van der Waals surface area contributed by atoms with Gasteiger partial charge in [0, 0.05) is 14.2 Å². The molecule has 0 aliphatic rings. The standard InChI is InChI=1S/C14H13FINO3/c1-17-11(7-6-10(16)14(17)18)13-9(15)4-3-5-12(13)20-8-19-2/h3-7H,8H2,1-2H3. The molecule has 106 valence electrons. The molecule has 1 aromatic carbocycles. The van der Waals surface area contributed by atoms with E-state index >= 15 is 0 Å². The lowest BCUT2D eigenvalue weighted by Gasteiger charge is -2.14. The normalized spacial score (nSPS) is 10.6. The summed E-state index contributed by atoms with van der Waals surface area (Å²) in [6.45, 7) is 0.00870. The predicted molar refractivity (Wildman–Crippen MR) is 82.3 cm³/mol. The van der Waals surface area contributed by atoms with Crippen molar-refractivity contribution in [2.45, 2.75) is 0 Å². The minimum absolute atomic E-state index is 0.00870. The quantitative estimate of drug-likeness (QED) is 0.597. The zero-order chi connectivity index (χ0) is 14.7. The van der Waals surface area contributed by atoms with Gasteiger partial charge in [-0.3, -0.25) is 4.79 Å². The lowest BCUT2D eigenvalue weighted by molar-refractivity contribution is 0.0513. The van der Waals surface area contributed by atoms with E-state index in [1.165, 1.54) is 17.7 Å². The van der Waals surface area contributed by atoms with E-state index in [4.69, 9.17) is 9.47 Å². The van der Waals surface area contributed by atoms with Crippen molar-refractivity contribution >= 4 is 22.6 Å². The van der Waals surface area contributed by atoms with Crippen molar-refractivity contribution in [3.8, 4) is 17.0 Å². The molecule has 1 heterocycles. The number of aromatic nitrogens is 1. The van der Waals surface area contributed by atoms with E-state index in [9.17, 15) is 9.18 Å². The van der Waals surface area contributed by atoms with Gasteiger partial charge in [0.2, 0.25) is 0 Å². The first-order valence-electron chi connectivity index (χ1n) is 5.82. The maximum atomic E-state index is 14.1. The van der Waals surface area contributed by atoms with Crippen LogP contribution in [0.2, 0.25) is 0 Å². The molecule has 0 saturated heterocycles. The Morgan fingerprint density at radius 3 is 2.75 bits per heavy atom. The molecule has 6 heteroatoms. The number of methoxy groups -OCH3 is 1. The molecule has 0 aliphatic carbocycles. The number of benzene rings is 1. The Kier molecular flexibility index (Phi) is 4.77. The molecule has 0 N–H and O–H groups in total. The van der Waals surface area contributed by atoms with E-state index in [2.05, 4.69) is 0 Å². The van der Waals surface area contributed by atoms with Crippen LogP contribution in [0.25, 0.3) is 11.3 Å². The van der Waals surface area contributed by atoms with E-state index in [-0.39, 0.29) is 17.9 Å². The van der Waals surface area contributed by atoms with Gasteiger partial charge in [-0.2, -0.15) is 0 Å². The van der Waals surface area contributed by atoms with E-state index in [0.717, 1.165) is 0 Å². The van der Waals surface area contributed by atoms with Crippen LogP contribution in [0.3, 0.4) is 0 Å². The lowest BCUT2D eigenvalue weighted by atomic mass is 10.1. The summed E-state index contributed by atoms with van der Waals surface area (Å²) >= 11 is 1.95. The minimum atomic E-state index is -0.449. The van der Waals surface area contributed by atoms with Gasteiger partial charge in [0.15, 0.2) is 6.79 Å². The van der Waals surface area contributed by atoms with Crippen LogP contribution in [0.4, 0.5) is 4.39 Å². The van der Waals surface area contributed by atoms with Gasteiger partial charge in [-0.1, -0.05) is 6.07 Å². The monoisotopic (exact) mass is 389 g/mol. The Bertz CT molecular complexity index is 685. The van der Waals surface area contributed by atoms with Crippen LogP contribution < -0.4 is 10.3 Å². The smallest absolute Gasteiger partial charge is 0.264 e. The average molecular weight is 389 g/mol. The highest BCUT2D eigenvalue weighted by atomic mass is 127. The molecular weight excluding hydrogens is 376 g/mol. The van der Waals surface area contributed by atoms with Crippen LogP contribution in [-0.4, -0.2) is 18.5 Å². The van der Waals surface area contributed by atoms with Crippen LogP contribution in [0.15, 0.2) is 35.1 Å². The highest BCUT2D eigenvalue weighted by Gasteiger charge is 2.16. The van der Waals surface area contributed by atoms with Gasteiger partial charge in [0.05, 0.1) is 14.8 Å². The van der Waals surface area contributed by atoms with Crippen LogP contribution in [0.5, 0.6) is 5.75 Å². The molecule has 0 fully saturated rings. The molecule has 0 bridgehead atoms. The SMILES string of the molecule is COCOc1cccc(F)c1-c1ccc(I)c(=O)n1C. The molecule has 0 aliphatic heterocycles. The second-order valence-corrected chi connectivity index (χ2v) is 5.26. The molecule has 1 aromatic heterocycles. The van der Waals surface area contributed by atoms with Crippen LogP contribution in [0, 0.1) is 9.39 Å². The van der Waals surface area contributed by atoms with Gasteiger partial charge >= 0.3 is 0 Å². The zero-order valence-electron chi connectivity index (χ0n) is 11.0. The first kappa shape index (κ1) is 15.0.